The van der Waals surface area contributed by atoms with E-state index in [1.165, 1.54) is 6.20 Å². The van der Waals surface area contributed by atoms with Gasteiger partial charge in [-0.1, -0.05) is 24.3 Å². The lowest BCUT2D eigenvalue weighted by molar-refractivity contribution is -0.154. The number of aromatic nitrogens is 1. The molecule has 0 aliphatic heterocycles. The molecule has 1 heterocycles. The van der Waals surface area contributed by atoms with E-state index in [1.54, 1.807) is 19.2 Å². The Morgan fingerprint density at radius 2 is 1.82 bits per heavy atom. The minimum absolute atomic E-state index is 0. The van der Waals surface area contributed by atoms with Gasteiger partial charge >= 0.3 is 6.18 Å². The number of ether oxygens (including phenoxy) is 2. The highest BCUT2D eigenvalue weighted by Crippen LogP contribution is 2.19. The minimum Gasteiger partial charge on any atom is -0.492 e. The lowest BCUT2D eigenvalue weighted by Crippen LogP contribution is -2.39. The third kappa shape index (κ3) is 9.11. The Kier molecular flexibility index (Phi) is 10.4. The topological polar surface area (TPSA) is 67.8 Å². The number of hydrogen-bond acceptors (Lipinski definition) is 4. The third-order valence-corrected chi connectivity index (χ3v) is 3.30. The Hall–Kier alpha value is -2.24. The summed E-state index contributed by atoms with van der Waals surface area (Å²) in [4.78, 5) is 7.91. The number of aliphatic imine (C=N–C) groups is 1. The van der Waals surface area contributed by atoms with Crippen molar-refractivity contribution in [1.29, 1.82) is 0 Å². The van der Waals surface area contributed by atoms with Gasteiger partial charge in [0.1, 0.15) is 12.4 Å². The molecule has 0 atom stereocenters. The van der Waals surface area contributed by atoms with E-state index < -0.39 is 12.8 Å². The molecule has 10 heteroatoms. The first-order valence-electron chi connectivity index (χ1n) is 8.24. The zero-order valence-electron chi connectivity index (χ0n) is 15.2. The monoisotopic (exact) mass is 510 g/mol. The Balaban J connectivity index is 0.00000392. The van der Waals surface area contributed by atoms with Crippen molar-refractivity contribution in [2.24, 2.45) is 4.99 Å². The zero-order valence-corrected chi connectivity index (χ0v) is 17.5. The van der Waals surface area contributed by atoms with E-state index in [1.807, 2.05) is 30.3 Å². The number of para-hydroxylation sites is 1. The summed E-state index contributed by atoms with van der Waals surface area (Å²) < 4.78 is 47.3. The number of pyridine rings is 1. The average Bonchev–Trinajstić information content (AvgIpc) is 2.66. The predicted octanol–water partition coefficient (Wildman–Crippen LogP) is 3.38. The largest absolute Gasteiger partial charge is 0.492 e. The molecule has 1 aromatic carbocycles. The van der Waals surface area contributed by atoms with Crippen molar-refractivity contribution < 1.29 is 22.6 Å². The molecule has 0 saturated heterocycles. The summed E-state index contributed by atoms with van der Waals surface area (Å²) >= 11 is 0. The van der Waals surface area contributed by atoms with Crippen LogP contribution in [0.15, 0.2) is 53.7 Å². The average molecular weight is 510 g/mol. The second-order valence-electron chi connectivity index (χ2n) is 5.39. The molecule has 28 heavy (non-hydrogen) atoms. The van der Waals surface area contributed by atoms with Gasteiger partial charge in [0, 0.05) is 25.4 Å². The van der Waals surface area contributed by atoms with Crippen LogP contribution < -0.4 is 20.1 Å². The molecule has 1 aromatic heterocycles. The van der Waals surface area contributed by atoms with Crippen LogP contribution in [0.25, 0.3) is 0 Å². The van der Waals surface area contributed by atoms with Gasteiger partial charge in [0.2, 0.25) is 5.88 Å². The summed E-state index contributed by atoms with van der Waals surface area (Å²) in [6.45, 7) is -0.252. The molecule has 2 N–H and O–H groups in total. The van der Waals surface area contributed by atoms with Crippen LogP contribution in [0.3, 0.4) is 0 Å². The maximum Gasteiger partial charge on any atom is 0.422 e. The highest BCUT2D eigenvalue weighted by Gasteiger charge is 2.29. The second-order valence-corrected chi connectivity index (χ2v) is 5.39. The SMILES string of the molecule is CN=C(NCCOc1ccccc1)NCc1cccnc1OCC(F)(F)F.I. The normalized spacial score (nSPS) is 11.4. The molecule has 0 aliphatic rings. The van der Waals surface area contributed by atoms with Crippen LogP contribution in [0, 0.1) is 0 Å². The number of nitrogens with zero attached hydrogens (tertiary/aromatic N) is 2. The van der Waals surface area contributed by atoms with E-state index in [4.69, 9.17) is 9.47 Å². The first-order valence-corrected chi connectivity index (χ1v) is 8.24. The highest BCUT2D eigenvalue weighted by atomic mass is 127. The standard InChI is InChI=1S/C18H21F3N4O2.HI/c1-22-17(24-10-11-26-15-7-3-2-4-8-15)25-12-14-6-5-9-23-16(14)27-13-18(19,20)21;/h2-9H,10-13H2,1H3,(H2,22,24,25);1H. The number of halogens is 4. The molecule has 154 valence electrons. The van der Waals surface area contributed by atoms with E-state index in [9.17, 15) is 13.2 Å². The van der Waals surface area contributed by atoms with Crippen molar-refractivity contribution in [2.45, 2.75) is 12.7 Å². The summed E-state index contributed by atoms with van der Waals surface area (Å²) in [5, 5.41) is 6.06. The van der Waals surface area contributed by atoms with Crippen LogP contribution >= 0.6 is 24.0 Å². The van der Waals surface area contributed by atoms with E-state index in [0.29, 0.717) is 24.7 Å². The van der Waals surface area contributed by atoms with Gasteiger partial charge in [0.25, 0.3) is 0 Å². The van der Waals surface area contributed by atoms with Gasteiger partial charge in [0.15, 0.2) is 12.6 Å². The first kappa shape index (κ1) is 23.8. The number of nitrogens with one attached hydrogen (secondary N) is 2. The van der Waals surface area contributed by atoms with Crippen molar-refractivity contribution in [3.05, 3.63) is 54.2 Å². The summed E-state index contributed by atoms with van der Waals surface area (Å²) in [5.74, 6) is 1.19. The molecule has 0 amide bonds. The maximum absolute atomic E-state index is 12.3. The van der Waals surface area contributed by atoms with Crippen LogP contribution in [-0.4, -0.2) is 43.9 Å². The summed E-state index contributed by atoms with van der Waals surface area (Å²) in [6, 6.07) is 12.7. The van der Waals surface area contributed by atoms with Gasteiger partial charge in [-0.2, -0.15) is 13.2 Å². The van der Waals surface area contributed by atoms with Crippen molar-refractivity contribution in [1.82, 2.24) is 15.6 Å². The molecule has 0 radical (unpaired) electrons. The van der Waals surface area contributed by atoms with Gasteiger partial charge in [0.05, 0.1) is 6.54 Å². The zero-order chi connectivity index (χ0) is 19.5. The first-order chi connectivity index (χ1) is 13.0. The third-order valence-electron chi connectivity index (χ3n) is 3.30. The molecular formula is C18H22F3IN4O2. The maximum atomic E-state index is 12.3. The predicted molar refractivity (Wildman–Crippen MR) is 111 cm³/mol. The Labute approximate surface area is 178 Å². The van der Waals surface area contributed by atoms with E-state index >= 15 is 0 Å². The lowest BCUT2D eigenvalue weighted by Gasteiger charge is -2.15. The van der Waals surface area contributed by atoms with E-state index in [0.717, 1.165) is 5.75 Å². The Bertz CT molecular complexity index is 730. The van der Waals surface area contributed by atoms with Crippen LogP contribution in [0.4, 0.5) is 13.2 Å². The molecule has 0 unspecified atom stereocenters. The number of benzene rings is 1. The van der Waals surface area contributed by atoms with Gasteiger partial charge in [-0.15, -0.1) is 24.0 Å². The number of hydrogen-bond donors (Lipinski definition) is 2. The molecular weight excluding hydrogens is 488 g/mol. The number of rotatable bonds is 8. The van der Waals surface area contributed by atoms with Gasteiger partial charge < -0.3 is 20.1 Å². The van der Waals surface area contributed by atoms with Gasteiger partial charge in [-0.05, 0) is 18.2 Å². The Morgan fingerprint density at radius 3 is 2.50 bits per heavy atom. The minimum atomic E-state index is -4.42. The molecule has 2 aromatic rings. The van der Waals surface area contributed by atoms with Crippen molar-refractivity contribution in [3.63, 3.8) is 0 Å². The van der Waals surface area contributed by atoms with Crippen molar-refractivity contribution in [2.75, 3.05) is 26.8 Å². The van der Waals surface area contributed by atoms with E-state index in [-0.39, 0.29) is 36.4 Å². The smallest absolute Gasteiger partial charge is 0.422 e. The summed E-state index contributed by atoms with van der Waals surface area (Å²) in [6.07, 6.45) is -3.04. The van der Waals surface area contributed by atoms with Crippen LogP contribution in [0.2, 0.25) is 0 Å². The molecule has 0 fully saturated rings. The molecule has 2 rings (SSSR count). The van der Waals surface area contributed by atoms with Crippen molar-refractivity contribution in [3.8, 4) is 11.6 Å². The summed E-state index contributed by atoms with van der Waals surface area (Å²) in [5.41, 5.74) is 0.491. The molecule has 0 bridgehead atoms. The quantitative estimate of drug-likeness (QED) is 0.247. The second kappa shape index (κ2) is 12.3. The molecule has 0 aliphatic carbocycles. The molecule has 0 spiro atoms. The fourth-order valence-electron chi connectivity index (χ4n) is 2.09. The lowest BCUT2D eigenvalue weighted by atomic mass is 10.2. The fraction of sp³-hybridized carbons (Fsp3) is 0.333. The summed E-state index contributed by atoms with van der Waals surface area (Å²) in [7, 11) is 1.59. The number of guanidine groups is 1. The van der Waals surface area contributed by atoms with Gasteiger partial charge in [-0.25, -0.2) is 4.98 Å². The van der Waals surface area contributed by atoms with Crippen LogP contribution in [0.5, 0.6) is 11.6 Å². The van der Waals surface area contributed by atoms with Crippen LogP contribution in [-0.2, 0) is 6.54 Å². The molecule has 6 nitrogen and oxygen atoms in total. The van der Waals surface area contributed by atoms with E-state index in [2.05, 4.69) is 20.6 Å². The van der Waals surface area contributed by atoms with Gasteiger partial charge in [-0.3, -0.25) is 4.99 Å². The Morgan fingerprint density at radius 1 is 1.07 bits per heavy atom. The van der Waals surface area contributed by atoms with Crippen LogP contribution in [0.1, 0.15) is 5.56 Å². The molecule has 0 saturated carbocycles. The highest BCUT2D eigenvalue weighted by molar-refractivity contribution is 14.0. The van der Waals surface area contributed by atoms with Crippen molar-refractivity contribution >= 4 is 29.9 Å². The fourth-order valence-corrected chi connectivity index (χ4v) is 2.09. The number of alkyl halides is 3.